The van der Waals surface area contributed by atoms with Gasteiger partial charge in [0.25, 0.3) is 0 Å². The van der Waals surface area contributed by atoms with E-state index < -0.39 is 26.9 Å². The van der Waals surface area contributed by atoms with Gasteiger partial charge < -0.3 is 5.11 Å². The average molecular weight is 302 g/mol. The molecule has 112 valence electrons. The number of benzene rings is 2. The van der Waals surface area contributed by atoms with Gasteiger partial charge in [0.2, 0.25) is 0 Å². The molecule has 0 amide bonds. The van der Waals surface area contributed by atoms with Crippen LogP contribution in [0.25, 0.3) is 0 Å². The Morgan fingerprint density at radius 1 is 0.857 bits per heavy atom. The molecule has 0 spiro atoms. The Kier molecular flexibility index (Phi) is 4.96. The summed E-state index contributed by atoms with van der Waals surface area (Å²) in [5, 5.41) is 10.3. The molecule has 3 heteroatoms. The molecule has 1 N–H and O–H groups in total. The summed E-state index contributed by atoms with van der Waals surface area (Å²) >= 11 is 0. The SMILES string of the molecule is CC(C)(C)[S@@](=O)[C@@H](c1ccccc1)[C@@H](O)c1ccccc1. The summed E-state index contributed by atoms with van der Waals surface area (Å²) in [6.45, 7) is 5.82. The highest BCUT2D eigenvalue weighted by molar-refractivity contribution is 7.86. The highest BCUT2D eigenvalue weighted by atomic mass is 32.2. The first-order valence-corrected chi connectivity index (χ1v) is 8.31. The first kappa shape index (κ1) is 15.9. The fraction of sp³-hybridized carbons (Fsp3) is 0.333. The standard InChI is InChI=1S/C18H22O2S/c1-18(2,3)21(20)17(15-12-8-5-9-13-15)16(19)14-10-6-4-7-11-14/h4-13,16-17,19H,1-3H3/t16-,17-,21-/m0/s1. The zero-order chi connectivity index (χ0) is 15.5. The summed E-state index contributed by atoms with van der Waals surface area (Å²) in [6.07, 6.45) is -0.784. The maximum atomic E-state index is 12.9. The van der Waals surface area contributed by atoms with Gasteiger partial charge >= 0.3 is 0 Å². The van der Waals surface area contributed by atoms with Crippen LogP contribution in [0, 0.1) is 0 Å². The number of hydrogen-bond donors (Lipinski definition) is 1. The third-order valence-corrected chi connectivity index (χ3v) is 5.59. The molecule has 0 unspecified atom stereocenters. The topological polar surface area (TPSA) is 37.3 Å². The number of hydrogen-bond acceptors (Lipinski definition) is 2. The summed E-state index contributed by atoms with van der Waals surface area (Å²) in [6, 6.07) is 19.1. The lowest BCUT2D eigenvalue weighted by atomic mass is 10.0. The first-order chi connectivity index (χ1) is 9.91. The smallest absolute Gasteiger partial charge is 0.0974 e. The monoisotopic (exact) mass is 302 g/mol. The van der Waals surface area contributed by atoms with Gasteiger partial charge in [0.1, 0.15) is 0 Å². The van der Waals surface area contributed by atoms with Gasteiger partial charge in [-0.15, -0.1) is 0 Å². The van der Waals surface area contributed by atoms with Crippen molar-refractivity contribution in [2.75, 3.05) is 0 Å². The maximum Gasteiger partial charge on any atom is 0.0974 e. The molecule has 0 fully saturated rings. The van der Waals surface area contributed by atoms with Crippen LogP contribution in [0.5, 0.6) is 0 Å². The predicted molar refractivity (Wildman–Crippen MR) is 88.5 cm³/mol. The third kappa shape index (κ3) is 3.80. The largest absolute Gasteiger partial charge is 0.387 e. The second-order valence-electron chi connectivity index (χ2n) is 6.10. The minimum absolute atomic E-state index is 0.393. The van der Waals surface area contributed by atoms with E-state index in [1.165, 1.54) is 0 Å². The number of aliphatic hydroxyl groups is 1. The Balaban J connectivity index is 2.44. The van der Waals surface area contributed by atoms with Crippen molar-refractivity contribution in [3.8, 4) is 0 Å². The van der Waals surface area contributed by atoms with Crippen molar-refractivity contribution in [2.24, 2.45) is 0 Å². The second kappa shape index (κ2) is 6.54. The van der Waals surface area contributed by atoms with Crippen LogP contribution in [0.1, 0.15) is 43.3 Å². The molecule has 2 aromatic carbocycles. The summed E-state index contributed by atoms with van der Waals surface area (Å²) < 4.78 is 12.5. The Hall–Kier alpha value is -1.45. The van der Waals surface area contributed by atoms with Crippen molar-refractivity contribution >= 4 is 10.8 Å². The van der Waals surface area contributed by atoms with E-state index in [1.54, 1.807) is 0 Å². The van der Waals surface area contributed by atoms with Crippen molar-refractivity contribution in [1.82, 2.24) is 0 Å². The number of rotatable bonds is 4. The van der Waals surface area contributed by atoms with Crippen LogP contribution in [-0.2, 0) is 10.8 Å². The zero-order valence-electron chi connectivity index (χ0n) is 12.7. The molecule has 0 radical (unpaired) electrons. The van der Waals surface area contributed by atoms with Crippen molar-refractivity contribution in [3.63, 3.8) is 0 Å². The normalized spacial score (nSPS) is 16.2. The summed E-state index contributed by atoms with van der Waals surface area (Å²) in [5.41, 5.74) is 1.70. The Morgan fingerprint density at radius 3 is 1.71 bits per heavy atom. The van der Waals surface area contributed by atoms with Crippen molar-refractivity contribution in [3.05, 3.63) is 71.8 Å². The molecule has 21 heavy (non-hydrogen) atoms. The molecular weight excluding hydrogens is 280 g/mol. The summed E-state index contributed by atoms with van der Waals surface area (Å²) in [5.74, 6) is 0. The third-order valence-electron chi connectivity index (χ3n) is 3.39. The molecule has 2 aromatic rings. The van der Waals surface area contributed by atoms with Gasteiger partial charge in [-0.05, 0) is 31.9 Å². The fourth-order valence-corrected chi connectivity index (χ4v) is 3.83. The molecule has 3 atom stereocenters. The van der Waals surface area contributed by atoms with E-state index in [2.05, 4.69) is 0 Å². The Morgan fingerprint density at radius 2 is 1.29 bits per heavy atom. The van der Waals surface area contributed by atoms with Crippen LogP contribution in [0.15, 0.2) is 60.7 Å². The average Bonchev–Trinajstić information content (AvgIpc) is 2.48. The van der Waals surface area contributed by atoms with Gasteiger partial charge in [-0.25, -0.2) is 0 Å². The Bertz CT molecular complexity index is 588. The maximum absolute atomic E-state index is 12.9. The second-order valence-corrected chi connectivity index (χ2v) is 8.42. The van der Waals surface area contributed by atoms with Gasteiger partial charge in [-0.2, -0.15) is 0 Å². The molecule has 0 saturated heterocycles. The lowest BCUT2D eigenvalue weighted by molar-refractivity contribution is 0.172. The lowest BCUT2D eigenvalue weighted by Gasteiger charge is -2.29. The highest BCUT2D eigenvalue weighted by Crippen LogP contribution is 2.38. The van der Waals surface area contributed by atoms with Crippen molar-refractivity contribution in [1.29, 1.82) is 0 Å². The van der Waals surface area contributed by atoms with Crippen LogP contribution in [0.3, 0.4) is 0 Å². The zero-order valence-corrected chi connectivity index (χ0v) is 13.5. The van der Waals surface area contributed by atoms with Crippen molar-refractivity contribution < 1.29 is 9.32 Å². The Labute approximate surface area is 129 Å². The molecular formula is C18H22O2S. The van der Waals surface area contributed by atoms with Crippen LogP contribution in [0.2, 0.25) is 0 Å². The van der Waals surface area contributed by atoms with E-state index in [4.69, 9.17) is 0 Å². The van der Waals surface area contributed by atoms with Crippen LogP contribution in [-0.4, -0.2) is 14.1 Å². The van der Waals surface area contributed by atoms with Crippen LogP contribution >= 0.6 is 0 Å². The van der Waals surface area contributed by atoms with Gasteiger partial charge in [-0.3, -0.25) is 4.21 Å². The van der Waals surface area contributed by atoms with E-state index in [9.17, 15) is 9.32 Å². The van der Waals surface area contributed by atoms with E-state index >= 15 is 0 Å². The van der Waals surface area contributed by atoms with Crippen LogP contribution < -0.4 is 0 Å². The molecule has 0 aliphatic carbocycles. The van der Waals surface area contributed by atoms with E-state index in [0.717, 1.165) is 11.1 Å². The molecule has 0 bridgehead atoms. The minimum Gasteiger partial charge on any atom is -0.387 e. The molecule has 0 aromatic heterocycles. The van der Waals surface area contributed by atoms with Crippen LogP contribution in [0.4, 0.5) is 0 Å². The lowest BCUT2D eigenvalue weighted by Crippen LogP contribution is -2.30. The molecule has 0 aliphatic rings. The molecule has 0 saturated carbocycles. The summed E-state index contributed by atoms with van der Waals surface area (Å²) in [4.78, 5) is 0. The van der Waals surface area contributed by atoms with E-state index in [-0.39, 0.29) is 0 Å². The van der Waals surface area contributed by atoms with Crippen molar-refractivity contribution in [2.45, 2.75) is 36.9 Å². The van der Waals surface area contributed by atoms with E-state index in [1.807, 2.05) is 81.4 Å². The molecule has 0 heterocycles. The van der Waals surface area contributed by atoms with Gasteiger partial charge in [0, 0.05) is 15.5 Å². The first-order valence-electron chi connectivity index (χ1n) is 7.10. The van der Waals surface area contributed by atoms with Gasteiger partial charge in [0.15, 0.2) is 0 Å². The van der Waals surface area contributed by atoms with Gasteiger partial charge in [0.05, 0.1) is 11.4 Å². The predicted octanol–water partition coefficient (Wildman–Crippen LogP) is 4.01. The molecule has 2 rings (SSSR count). The number of aliphatic hydroxyl groups excluding tert-OH is 1. The molecule has 2 nitrogen and oxygen atoms in total. The summed E-state index contributed by atoms with van der Waals surface area (Å²) in [7, 11) is -1.21. The molecule has 0 aliphatic heterocycles. The van der Waals surface area contributed by atoms with Gasteiger partial charge in [-0.1, -0.05) is 60.7 Å². The minimum atomic E-state index is -1.21. The highest BCUT2D eigenvalue weighted by Gasteiger charge is 2.34. The van der Waals surface area contributed by atoms with E-state index in [0.29, 0.717) is 0 Å². The quantitative estimate of drug-likeness (QED) is 0.926. The fourth-order valence-electron chi connectivity index (χ4n) is 2.27.